The van der Waals surface area contributed by atoms with Gasteiger partial charge in [0, 0.05) is 34.8 Å². The van der Waals surface area contributed by atoms with Crippen molar-refractivity contribution >= 4 is 21.9 Å². The summed E-state index contributed by atoms with van der Waals surface area (Å²) in [6.45, 7) is 2.04. The predicted molar refractivity (Wildman–Crippen MR) is 121 cm³/mol. The molecule has 5 heterocycles. The minimum Gasteiger partial charge on any atom is -0.508 e. The molecule has 1 aliphatic rings. The Kier molecular flexibility index (Phi) is 4.39. The summed E-state index contributed by atoms with van der Waals surface area (Å²) in [6.07, 6.45) is 7.55. The molecule has 0 amide bonds. The van der Waals surface area contributed by atoms with Crippen LogP contribution in [0.5, 0.6) is 5.75 Å². The van der Waals surface area contributed by atoms with E-state index in [2.05, 4.69) is 36.5 Å². The van der Waals surface area contributed by atoms with Crippen LogP contribution in [0.25, 0.3) is 44.5 Å². The Bertz CT molecular complexity index is 1430. The Morgan fingerprint density at radius 3 is 2.69 bits per heavy atom. The second-order valence-corrected chi connectivity index (χ2v) is 8.29. The van der Waals surface area contributed by atoms with Gasteiger partial charge in [-0.25, -0.2) is 9.37 Å². The Morgan fingerprint density at radius 1 is 0.969 bits per heavy atom. The second kappa shape index (κ2) is 7.42. The van der Waals surface area contributed by atoms with Crippen LogP contribution in [0.1, 0.15) is 24.3 Å². The van der Waals surface area contributed by atoms with Crippen molar-refractivity contribution in [2.24, 2.45) is 0 Å². The number of rotatable bonds is 3. The molecule has 4 aromatic heterocycles. The first kappa shape index (κ1) is 18.9. The molecule has 0 radical (unpaired) electrons. The third kappa shape index (κ3) is 3.20. The molecule has 0 spiro atoms. The fourth-order valence-corrected chi connectivity index (χ4v) is 4.64. The maximum atomic E-state index is 13.9. The van der Waals surface area contributed by atoms with Crippen molar-refractivity contribution in [3.8, 4) is 28.3 Å². The summed E-state index contributed by atoms with van der Waals surface area (Å²) in [4.78, 5) is 12.3. The molecule has 0 bridgehead atoms. The molecule has 1 aromatic carbocycles. The van der Waals surface area contributed by atoms with Gasteiger partial charge < -0.3 is 15.4 Å². The molecule has 0 saturated carbocycles. The molecule has 5 aromatic rings. The zero-order valence-electron chi connectivity index (χ0n) is 17.2. The minimum atomic E-state index is -0.498. The van der Waals surface area contributed by atoms with Gasteiger partial charge in [-0.05, 0) is 67.2 Å². The molecule has 0 unspecified atom stereocenters. The van der Waals surface area contributed by atoms with Gasteiger partial charge in [0.2, 0.25) is 0 Å². The van der Waals surface area contributed by atoms with Crippen molar-refractivity contribution in [1.29, 1.82) is 0 Å². The molecule has 32 heavy (non-hydrogen) atoms. The molecule has 0 aliphatic carbocycles. The lowest BCUT2D eigenvalue weighted by Crippen LogP contribution is -2.26. The predicted octanol–water partition coefficient (Wildman–Crippen LogP) is 4.48. The summed E-state index contributed by atoms with van der Waals surface area (Å²) >= 11 is 0. The number of hydrogen-bond donors (Lipinski definition) is 4. The monoisotopic (exact) mass is 428 g/mol. The van der Waals surface area contributed by atoms with E-state index in [1.807, 2.05) is 12.3 Å². The van der Waals surface area contributed by atoms with Crippen molar-refractivity contribution in [1.82, 2.24) is 30.5 Å². The number of nitrogens with zero attached hydrogens (tertiary/aromatic N) is 3. The Balaban J connectivity index is 1.47. The third-order valence-electron chi connectivity index (χ3n) is 6.24. The fourth-order valence-electron chi connectivity index (χ4n) is 4.64. The van der Waals surface area contributed by atoms with Crippen LogP contribution in [-0.4, -0.2) is 43.3 Å². The fraction of sp³-hybridized carbons (Fsp3) is 0.208. The molecule has 6 rings (SSSR count). The summed E-state index contributed by atoms with van der Waals surface area (Å²) in [7, 11) is 0. The van der Waals surface area contributed by atoms with Crippen molar-refractivity contribution in [2.45, 2.75) is 18.8 Å². The van der Waals surface area contributed by atoms with Crippen molar-refractivity contribution < 1.29 is 9.50 Å². The van der Waals surface area contributed by atoms with Gasteiger partial charge in [0.05, 0.1) is 17.4 Å². The molecule has 1 aliphatic heterocycles. The molecule has 8 heteroatoms. The van der Waals surface area contributed by atoms with E-state index in [4.69, 9.17) is 0 Å². The SMILES string of the molecule is Oc1cc(F)cc(-c2cncc3[nH]c(-c4n[nH]c5ncc(C6CCNCC6)cc45)cc23)c1. The number of piperidine rings is 1. The lowest BCUT2D eigenvalue weighted by Gasteiger charge is -2.22. The number of fused-ring (bicyclic) bond motifs is 2. The maximum absolute atomic E-state index is 13.9. The summed E-state index contributed by atoms with van der Waals surface area (Å²) in [5, 5.41) is 22.6. The van der Waals surface area contributed by atoms with E-state index in [1.165, 1.54) is 17.7 Å². The molecule has 1 saturated heterocycles. The van der Waals surface area contributed by atoms with E-state index < -0.39 is 5.82 Å². The Hall–Kier alpha value is -3.78. The standard InChI is InChI=1S/C24H21FN6O/c25-16-5-14(6-17(32)8-16)20-11-27-12-22-18(20)9-21(29-22)23-19-7-15(10-28-24(19)31-30-23)13-1-3-26-4-2-13/h5-13,26,29,32H,1-4H2,(H,28,30,31). The number of hydrogen-bond acceptors (Lipinski definition) is 5. The Labute approximate surface area is 182 Å². The number of benzene rings is 1. The Morgan fingerprint density at radius 2 is 1.84 bits per heavy atom. The van der Waals surface area contributed by atoms with E-state index in [0.29, 0.717) is 11.5 Å². The van der Waals surface area contributed by atoms with Gasteiger partial charge in [-0.15, -0.1) is 0 Å². The van der Waals surface area contributed by atoms with Crippen LogP contribution in [0.4, 0.5) is 4.39 Å². The average Bonchev–Trinajstić information content (AvgIpc) is 3.42. The van der Waals surface area contributed by atoms with Gasteiger partial charge in [0.15, 0.2) is 5.65 Å². The number of aromatic amines is 2. The summed E-state index contributed by atoms with van der Waals surface area (Å²) in [5.41, 5.74) is 5.68. The van der Waals surface area contributed by atoms with Gasteiger partial charge in [-0.3, -0.25) is 10.1 Å². The number of phenolic OH excluding ortho intramolecular Hbond substituents is 1. The normalized spacial score (nSPS) is 15.0. The average molecular weight is 428 g/mol. The lowest BCUT2D eigenvalue weighted by molar-refractivity contribution is 0.460. The number of halogens is 1. The zero-order valence-corrected chi connectivity index (χ0v) is 17.2. The molecular weight excluding hydrogens is 407 g/mol. The van der Waals surface area contributed by atoms with E-state index >= 15 is 0 Å². The van der Waals surface area contributed by atoms with Crippen LogP contribution in [0.15, 0.2) is 48.9 Å². The van der Waals surface area contributed by atoms with Crippen molar-refractivity contribution in [3.63, 3.8) is 0 Å². The van der Waals surface area contributed by atoms with Gasteiger partial charge in [0.25, 0.3) is 0 Å². The molecule has 7 nitrogen and oxygen atoms in total. The van der Waals surface area contributed by atoms with Gasteiger partial charge >= 0.3 is 0 Å². The molecule has 1 fully saturated rings. The number of aromatic hydroxyl groups is 1. The van der Waals surface area contributed by atoms with Crippen LogP contribution in [0.2, 0.25) is 0 Å². The highest BCUT2D eigenvalue weighted by Gasteiger charge is 2.19. The molecule has 0 atom stereocenters. The van der Waals surface area contributed by atoms with Crippen LogP contribution < -0.4 is 5.32 Å². The number of H-pyrrole nitrogens is 2. The quantitative estimate of drug-likeness (QED) is 0.339. The topological polar surface area (TPSA) is 103 Å². The number of nitrogens with one attached hydrogen (secondary N) is 3. The third-order valence-corrected chi connectivity index (χ3v) is 6.24. The van der Waals surface area contributed by atoms with Crippen molar-refractivity contribution in [3.05, 3.63) is 60.3 Å². The first-order valence-electron chi connectivity index (χ1n) is 10.7. The lowest BCUT2D eigenvalue weighted by atomic mass is 9.91. The summed E-state index contributed by atoms with van der Waals surface area (Å²) in [5.74, 6) is -0.125. The van der Waals surface area contributed by atoms with Gasteiger partial charge in [-0.1, -0.05) is 0 Å². The molecule has 4 N–H and O–H groups in total. The van der Waals surface area contributed by atoms with Gasteiger partial charge in [-0.2, -0.15) is 5.10 Å². The minimum absolute atomic E-state index is 0.123. The smallest absolute Gasteiger partial charge is 0.155 e. The number of phenols is 1. The first-order valence-corrected chi connectivity index (χ1v) is 10.7. The van der Waals surface area contributed by atoms with E-state index in [0.717, 1.165) is 70.9 Å². The van der Waals surface area contributed by atoms with E-state index in [9.17, 15) is 9.50 Å². The van der Waals surface area contributed by atoms with E-state index in [1.54, 1.807) is 12.4 Å². The highest BCUT2D eigenvalue weighted by atomic mass is 19.1. The second-order valence-electron chi connectivity index (χ2n) is 8.29. The van der Waals surface area contributed by atoms with Crippen LogP contribution in [0.3, 0.4) is 0 Å². The summed E-state index contributed by atoms with van der Waals surface area (Å²) < 4.78 is 13.9. The van der Waals surface area contributed by atoms with Crippen LogP contribution in [-0.2, 0) is 0 Å². The highest BCUT2D eigenvalue weighted by molar-refractivity contribution is 6.00. The van der Waals surface area contributed by atoms with Crippen LogP contribution >= 0.6 is 0 Å². The van der Waals surface area contributed by atoms with Gasteiger partial charge in [0.1, 0.15) is 17.3 Å². The van der Waals surface area contributed by atoms with E-state index in [-0.39, 0.29) is 5.75 Å². The zero-order chi connectivity index (χ0) is 21.7. The number of aromatic nitrogens is 5. The maximum Gasteiger partial charge on any atom is 0.155 e. The first-order chi connectivity index (χ1) is 15.7. The largest absolute Gasteiger partial charge is 0.508 e. The summed E-state index contributed by atoms with van der Waals surface area (Å²) in [6, 6.07) is 8.18. The number of pyridine rings is 2. The van der Waals surface area contributed by atoms with Crippen molar-refractivity contribution in [2.75, 3.05) is 13.1 Å². The molecular formula is C24H21FN6O. The highest BCUT2D eigenvalue weighted by Crippen LogP contribution is 2.35. The molecule has 160 valence electrons. The van der Waals surface area contributed by atoms with Crippen LogP contribution in [0, 0.1) is 5.82 Å².